The van der Waals surface area contributed by atoms with Gasteiger partial charge in [-0.2, -0.15) is 13.2 Å². The number of aromatic amines is 1. The van der Waals surface area contributed by atoms with Crippen LogP contribution < -0.4 is 21.9 Å². The molecule has 42 heavy (non-hydrogen) atoms. The third kappa shape index (κ3) is 5.84. The van der Waals surface area contributed by atoms with Crippen LogP contribution in [0.1, 0.15) is 40.2 Å². The lowest BCUT2D eigenvalue weighted by Gasteiger charge is -2.38. The van der Waals surface area contributed by atoms with E-state index in [-0.39, 0.29) is 41.3 Å². The summed E-state index contributed by atoms with van der Waals surface area (Å²) in [7, 11) is 0. The lowest BCUT2D eigenvalue weighted by molar-refractivity contribution is -0.176. The van der Waals surface area contributed by atoms with Crippen LogP contribution in [0.15, 0.2) is 29.1 Å². The summed E-state index contributed by atoms with van der Waals surface area (Å²) in [5.41, 5.74) is 3.74. The molecular weight excluding hydrogens is 562 g/mol. The van der Waals surface area contributed by atoms with E-state index in [0.717, 1.165) is 11.0 Å². The third-order valence-electron chi connectivity index (χ3n) is 8.37. The van der Waals surface area contributed by atoms with E-state index in [0.29, 0.717) is 5.39 Å². The van der Waals surface area contributed by atoms with E-state index in [9.17, 15) is 41.5 Å². The maximum absolute atomic E-state index is 13.7. The van der Waals surface area contributed by atoms with Crippen LogP contribution in [0, 0.1) is 28.5 Å². The molecule has 1 saturated carbocycles. The number of alkyl halides is 3. The van der Waals surface area contributed by atoms with Crippen molar-refractivity contribution in [3.63, 3.8) is 0 Å². The Bertz CT molecular complexity index is 1510. The van der Waals surface area contributed by atoms with Crippen molar-refractivity contribution in [1.29, 1.82) is 0 Å². The molecule has 1 aromatic carbocycles. The molecule has 228 valence electrons. The van der Waals surface area contributed by atoms with Gasteiger partial charge in [0.1, 0.15) is 23.9 Å². The quantitative estimate of drug-likeness (QED) is 0.359. The Morgan fingerprint density at radius 1 is 1.12 bits per heavy atom. The number of amides is 4. The Hall–Kier alpha value is -3.97. The predicted molar refractivity (Wildman–Crippen MR) is 143 cm³/mol. The Labute approximate surface area is 238 Å². The highest BCUT2D eigenvalue weighted by atomic mass is 19.4. The van der Waals surface area contributed by atoms with Gasteiger partial charge in [-0.1, -0.05) is 34.6 Å². The minimum atomic E-state index is -5.22. The van der Waals surface area contributed by atoms with Gasteiger partial charge in [-0.3, -0.25) is 24.0 Å². The van der Waals surface area contributed by atoms with Gasteiger partial charge in [0, 0.05) is 18.5 Å². The topological polar surface area (TPSA) is 154 Å². The first-order valence-electron chi connectivity index (χ1n) is 13.3. The zero-order valence-electron chi connectivity index (χ0n) is 23.7. The monoisotopic (exact) mass is 595 g/mol. The zero-order chi connectivity index (χ0) is 31.5. The summed E-state index contributed by atoms with van der Waals surface area (Å²) in [6, 6.07) is 1.06. The third-order valence-corrected chi connectivity index (χ3v) is 8.37. The molecule has 4 amide bonds. The average Bonchev–Trinajstić information content (AvgIpc) is 3.19. The number of fused-ring (bicyclic) bond motifs is 2. The van der Waals surface area contributed by atoms with Gasteiger partial charge in [0.05, 0.1) is 5.52 Å². The van der Waals surface area contributed by atoms with Gasteiger partial charge < -0.3 is 26.3 Å². The van der Waals surface area contributed by atoms with Crippen LogP contribution in [0.2, 0.25) is 0 Å². The Morgan fingerprint density at radius 3 is 2.33 bits per heavy atom. The molecule has 0 spiro atoms. The second-order valence-electron chi connectivity index (χ2n) is 12.7. The van der Waals surface area contributed by atoms with Crippen molar-refractivity contribution in [3.8, 4) is 0 Å². The summed E-state index contributed by atoms with van der Waals surface area (Å²) in [6.45, 7) is 8.30. The summed E-state index contributed by atoms with van der Waals surface area (Å²) in [5, 5.41) is 4.78. The lowest BCUT2D eigenvalue weighted by Crippen LogP contribution is -2.61. The maximum Gasteiger partial charge on any atom is 0.471 e. The van der Waals surface area contributed by atoms with Crippen molar-refractivity contribution in [2.45, 2.75) is 65.3 Å². The van der Waals surface area contributed by atoms with Crippen LogP contribution in [0.3, 0.4) is 0 Å². The molecule has 0 bridgehead atoms. The zero-order valence-corrected chi connectivity index (χ0v) is 23.7. The number of likely N-dealkylation sites (tertiary alicyclic amines) is 1. The first kappa shape index (κ1) is 31.0. The number of rotatable bonds is 7. The van der Waals surface area contributed by atoms with Crippen molar-refractivity contribution in [2.75, 3.05) is 6.54 Å². The molecule has 2 heterocycles. The predicted octanol–water partition coefficient (Wildman–Crippen LogP) is 1.76. The Morgan fingerprint density at radius 2 is 1.76 bits per heavy atom. The molecule has 2 fully saturated rings. The molecule has 10 nitrogen and oxygen atoms in total. The Kier molecular flexibility index (Phi) is 7.66. The van der Waals surface area contributed by atoms with Gasteiger partial charge >= 0.3 is 12.1 Å². The van der Waals surface area contributed by atoms with Gasteiger partial charge in [0.2, 0.25) is 17.7 Å². The largest absolute Gasteiger partial charge is 0.471 e. The van der Waals surface area contributed by atoms with Crippen molar-refractivity contribution < 1.29 is 36.7 Å². The maximum atomic E-state index is 13.7. The summed E-state index contributed by atoms with van der Waals surface area (Å²) < 4.78 is 52.7. The standard InChI is InChI=1S/C28H33F4N5O5/c1-26(2,3)20(36-25(42)28(30,31)32)24(41)37-11-15-18(27(15,4)5)19(37)23(40)35-17(21(33)38)9-13-8-12-6-7-14(29)10-16(12)34-22(13)39/h6-8,10,15,17-20H,9,11H2,1-5H3,(H2,33,38)(H,34,39)(H,35,40)(H,36,42)/t15-,17?,18-,19-,20+/m0/s1. The number of nitrogens with two attached hydrogens (primary N) is 1. The van der Waals surface area contributed by atoms with E-state index in [1.54, 1.807) is 5.32 Å². The fourth-order valence-electron chi connectivity index (χ4n) is 5.91. The second kappa shape index (κ2) is 10.4. The van der Waals surface area contributed by atoms with Crippen molar-refractivity contribution in [3.05, 3.63) is 46.0 Å². The van der Waals surface area contributed by atoms with E-state index >= 15 is 0 Å². The molecule has 14 heteroatoms. The SMILES string of the molecule is CC(C)(C)[C@H](NC(=O)C(F)(F)F)C(=O)N1C[C@H]2[C@@H]([C@H]1C(=O)NC(Cc1cc3ccc(F)cc3[nH]c1=O)C(N)=O)C2(C)C. The number of halogens is 4. The number of carbonyl (C=O) groups is 4. The molecular formula is C28H33F4N5O5. The number of nitrogens with one attached hydrogen (secondary N) is 3. The van der Waals surface area contributed by atoms with E-state index in [1.165, 1.54) is 39.0 Å². The van der Waals surface area contributed by atoms with Crippen molar-refractivity contribution in [1.82, 2.24) is 20.5 Å². The van der Waals surface area contributed by atoms with Gasteiger partial charge in [-0.25, -0.2) is 4.39 Å². The van der Waals surface area contributed by atoms with E-state index in [2.05, 4.69) is 10.3 Å². The van der Waals surface area contributed by atoms with Gasteiger partial charge in [0.15, 0.2) is 0 Å². The van der Waals surface area contributed by atoms with Crippen LogP contribution in [0.25, 0.3) is 10.9 Å². The molecule has 2 aromatic rings. The highest BCUT2D eigenvalue weighted by molar-refractivity contribution is 5.96. The van der Waals surface area contributed by atoms with Gasteiger partial charge in [-0.15, -0.1) is 0 Å². The van der Waals surface area contributed by atoms with Gasteiger partial charge in [0.25, 0.3) is 5.56 Å². The molecule has 1 aromatic heterocycles. The molecule has 1 saturated heterocycles. The number of primary amides is 1. The number of H-pyrrole nitrogens is 1. The first-order valence-corrected chi connectivity index (χ1v) is 13.3. The minimum absolute atomic E-state index is 0.0607. The number of nitrogens with zero attached hydrogens (tertiary/aromatic N) is 1. The van der Waals surface area contributed by atoms with E-state index in [4.69, 9.17) is 5.73 Å². The van der Waals surface area contributed by atoms with Gasteiger partial charge in [-0.05, 0) is 52.3 Å². The first-order chi connectivity index (χ1) is 19.2. The highest BCUT2D eigenvalue weighted by Gasteiger charge is 2.70. The number of aromatic nitrogens is 1. The molecule has 0 radical (unpaired) electrons. The van der Waals surface area contributed by atoms with Crippen LogP contribution in [-0.2, 0) is 25.6 Å². The minimum Gasteiger partial charge on any atom is -0.368 e. The molecule has 4 rings (SSSR count). The number of hydrogen-bond donors (Lipinski definition) is 4. The van der Waals surface area contributed by atoms with Crippen LogP contribution in [0.4, 0.5) is 17.6 Å². The summed E-state index contributed by atoms with van der Waals surface area (Å²) in [5.74, 6) is -5.94. The summed E-state index contributed by atoms with van der Waals surface area (Å²) in [6.07, 6.45) is -5.53. The van der Waals surface area contributed by atoms with Crippen LogP contribution in [-0.4, -0.2) is 64.4 Å². The van der Waals surface area contributed by atoms with E-state index < -0.39 is 64.7 Å². The normalized spacial score (nSPS) is 22.7. The molecule has 1 aliphatic heterocycles. The number of hydrogen-bond acceptors (Lipinski definition) is 5. The molecule has 2 aliphatic rings. The lowest BCUT2D eigenvalue weighted by atomic mass is 9.85. The van der Waals surface area contributed by atoms with Crippen molar-refractivity contribution >= 4 is 34.5 Å². The molecule has 5 N–H and O–H groups in total. The molecule has 5 atom stereocenters. The summed E-state index contributed by atoms with van der Waals surface area (Å²) >= 11 is 0. The van der Waals surface area contributed by atoms with E-state index in [1.807, 2.05) is 13.8 Å². The fraction of sp³-hybridized carbons (Fsp3) is 0.536. The molecule has 1 aliphatic carbocycles. The molecule has 1 unspecified atom stereocenters. The highest BCUT2D eigenvalue weighted by Crippen LogP contribution is 2.65. The fourth-order valence-corrected chi connectivity index (χ4v) is 5.91. The number of pyridine rings is 1. The second-order valence-corrected chi connectivity index (χ2v) is 12.7. The van der Waals surface area contributed by atoms with Crippen LogP contribution in [0.5, 0.6) is 0 Å². The van der Waals surface area contributed by atoms with Crippen LogP contribution >= 0.6 is 0 Å². The Balaban J connectivity index is 1.60. The smallest absolute Gasteiger partial charge is 0.368 e. The number of carbonyl (C=O) groups excluding carboxylic acids is 4. The summed E-state index contributed by atoms with van der Waals surface area (Å²) in [4.78, 5) is 67.8. The number of piperidine rings is 1. The number of benzene rings is 1. The average molecular weight is 596 g/mol. The van der Waals surface area contributed by atoms with Crippen molar-refractivity contribution in [2.24, 2.45) is 28.4 Å².